The molecule has 0 saturated heterocycles. The van der Waals surface area contributed by atoms with E-state index in [1.165, 1.54) is 11.8 Å². The lowest BCUT2D eigenvalue weighted by molar-refractivity contribution is -0.118. The van der Waals surface area contributed by atoms with E-state index in [1.54, 1.807) is 0 Å². The van der Waals surface area contributed by atoms with Crippen LogP contribution in [0.15, 0.2) is 70.9 Å². The number of nitrogens with one attached hydrogen (secondary N) is 1. The molecule has 0 fully saturated rings. The van der Waals surface area contributed by atoms with Crippen LogP contribution in [-0.4, -0.2) is 32.1 Å². The Labute approximate surface area is 185 Å². The highest BCUT2D eigenvalue weighted by Gasteiger charge is 2.14. The van der Waals surface area contributed by atoms with E-state index in [0.717, 1.165) is 17.0 Å². The number of thioether (sulfide) groups is 1. The van der Waals surface area contributed by atoms with Crippen LogP contribution in [0.3, 0.4) is 0 Å². The molecule has 2 aromatic carbocycles. The van der Waals surface area contributed by atoms with Gasteiger partial charge in [0.25, 0.3) is 5.91 Å². The molecule has 0 aliphatic heterocycles. The number of halogens is 1. The average Bonchev–Trinajstić information content (AvgIpc) is 3.19. The van der Waals surface area contributed by atoms with Crippen molar-refractivity contribution in [1.29, 1.82) is 0 Å². The molecule has 1 heterocycles. The predicted octanol–water partition coefficient (Wildman–Crippen LogP) is 4.92. The quantitative estimate of drug-likeness (QED) is 0.307. The molecular weight excluding hydrogens is 418 g/mol. The molecule has 0 saturated carbocycles. The number of benzene rings is 2. The van der Waals surface area contributed by atoms with Gasteiger partial charge in [-0.3, -0.25) is 4.79 Å². The van der Waals surface area contributed by atoms with Gasteiger partial charge in [-0.2, -0.15) is 5.10 Å². The zero-order valence-electron chi connectivity index (χ0n) is 16.7. The first-order valence-corrected chi connectivity index (χ1v) is 10.8. The standard InChI is InChI=1S/C22H22ClN5OS/c1-3-28-21(18-11-13-19(23)14-12-18)26-27-22(28)30-15-20(29)25-24-16(2)9-10-17-7-5-4-6-8-17/h4-14H,3,15H2,1-2H3,(H,25,29)/b10-9+,24-16-. The van der Waals surface area contributed by atoms with Crippen molar-refractivity contribution in [3.05, 3.63) is 71.3 Å². The molecule has 0 bridgehead atoms. The first-order valence-electron chi connectivity index (χ1n) is 9.45. The van der Waals surface area contributed by atoms with E-state index in [9.17, 15) is 4.79 Å². The van der Waals surface area contributed by atoms with Crippen molar-refractivity contribution in [2.24, 2.45) is 5.10 Å². The lowest BCUT2D eigenvalue weighted by Gasteiger charge is -2.07. The van der Waals surface area contributed by atoms with Crippen LogP contribution in [-0.2, 0) is 11.3 Å². The maximum Gasteiger partial charge on any atom is 0.250 e. The normalized spacial score (nSPS) is 11.8. The van der Waals surface area contributed by atoms with Crippen LogP contribution in [0, 0.1) is 0 Å². The van der Waals surface area contributed by atoms with Gasteiger partial charge < -0.3 is 4.57 Å². The van der Waals surface area contributed by atoms with E-state index >= 15 is 0 Å². The number of hydrogen-bond acceptors (Lipinski definition) is 5. The van der Waals surface area contributed by atoms with E-state index < -0.39 is 0 Å². The minimum Gasteiger partial charge on any atom is -0.302 e. The van der Waals surface area contributed by atoms with Gasteiger partial charge in [-0.15, -0.1) is 10.2 Å². The second-order valence-corrected chi connectivity index (χ2v) is 7.76. The number of nitrogens with zero attached hydrogens (tertiary/aromatic N) is 4. The lowest BCUT2D eigenvalue weighted by Crippen LogP contribution is -2.21. The number of carbonyl (C=O) groups is 1. The summed E-state index contributed by atoms with van der Waals surface area (Å²) in [7, 11) is 0. The molecule has 3 rings (SSSR count). The van der Waals surface area contributed by atoms with Crippen LogP contribution in [0.2, 0.25) is 5.02 Å². The van der Waals surface area contributed by atoms with Gasteiger partial charge in [-0.05, 0) is 49.8 Å². The average molecular weight is 440 g/mol. The molecule has 1 aromatic heterocycles. The van der Waals surface area contributed by atoms with Crippen LogP contribution in [0.5, 0.6) is 0 Å². The maximum absolute atomic E-state index is 12.2. The summed E-state index contributed by atoms with van der Waals surface area (Å²) in [6.45, 7) is 4.54. The number of hydrogen-bond donors (Lipinski definition) is 1. The fraction of sp³-hybridized carbons (Fsp3) is 0.182. The molecule has 6 nitrogen and oxygen atoms in total. The SMILES string of the molecule is CCn1c(SCC(=O)N/N=C(C)\C=C\c2ccccc2)nnc1-c1ccc(Cl)cc1. The molecule has 1 amide bonds. The topological polar surface area (TPSA) is 72.2 Å². The summed E-state index contributed by atoms with van der Waals surface area (Å²) in [5.41, 5.74) is 5.28. The maximum atomic E-state index is 12.2. The summed E-state index contributed by atoms with van der Waals surface area (Å²) in [5.74, 6) is 0.737. The smallest absolute Gasteiger partial charge is 0.250 e. The molecule has 3 aromatic rings. The molecule has 1 N–H and O–H groups in total. The minimum absolute atomic E-state index is 0.192. The number of hydrazone groups is 1. The Balaban J connectivity index is 1.57. The highest BCUT2D eigenvalue weighted by molar-refractivity contribution is 7.99. The third-order valence-electron chi connectivity index (χ3n) is 4.14. The van der Waals surface area contributed by atoms with Crippen molar-refractivity contribution in [2.75, 3.05) is 5.75 Å². The van der Waals surface area contributed by atoms with Crippen molar-refractivity contribution >= 4 is 41.1 Å². The molecule has 0 unspecified atom stereocenters. The minimum atomic E-state index is -0.203. The zero-order chi connectivity index (χ0) is 21.3. The van der Waals surface area contributed by atoms with E-state index in [1.807, 2.05) is 85.2 Å². The van der Waals surface area contributed by atoms with Gasteiger partial charge in [0.15, 0.2) is 11.0 Å². The van der Waals surface area contributed by atoms with Gasteiger partial charge >= 0.3 is 0 Å². The van der Waals surface area contributed by atoms with Crippen molar-refractivity contribution in [2.45, 2.75) is 25.5 Å². The predicted molar refractivity (Wildman–Crippen MR) is 124 cm³/mol. The monoisotopic (exact) mass is 439 g/mol. The summed E-state index contributed by atoms with van der Waals surface area (Å²) in [6.07, 6.45) is 3.80. The molecule has 0 spiro atoms. The Bertz CT molecular complexity index is 1050. The van der Waals surface area contributed by atoms with Crippen LogP contribution < -0.4 is 5.43 Å². The molecular formula is C22H22ClN5OS. The van der Waals surface area contributed by atoms with Gasteiger partial charge in [0, 0.05) is 17.1 Å². The number of carbonyl (C=O) groups excluding carboxylic acids is 1. The number of rotatable bonds is 8. The van der Waals surface area contributed by atoms with Crippen LogP contribution in [0.1, 0.15) is 19.4 Å². The van der Waals surface area contributed by atoms with E-state index in [0.29, 0.717) is 22.4 Å². The summed E-state index contributed by atoms with van der Waals surface area (Å²) in [4.78, 5) is 12.2. The third-order valence-corrected chi connectivity index (χ3v) is 5.36. The van der Waals surface area contributed by atoms with Crippen molar-refractivity contribution < 1.29 is 4.79 Å². The van der Waals surface area contributed by atoms with Crippen LogP contribution in [0.4, 0.5) is 0 Å². The summed E-state index contributed by atoms with van der Waals surface area (Å²) in [6, 6.07) is 17.4. The third kappa shape index (κ3) is 6.05. The van der Waals surface area contributed by atoms with Crippen molar-refractivity contribution in [1.82, 2.24) is 20.2 Å². The van der Waals surface area contributed by atoms with E-state index in [4.69, 9.17) is 11.6 Å². The zero-order valence-corrected chi connectivity index (χ0v) is 18.3. The van der Waals surface area contributed by atoms with Gasteiger partial charge in [0.1, 0.15) is 0 Å². The van der Waals surface area contributed by atoms with Crippen LogP contribution >= 0.6 is 23.4 Å². The fourth-order valence-corrected chi connectivity index (χ4v) is 3.54. The Kier molecular flexibility index (Phi) is 7.82. The number of amides is 1. The molecule has 0 aliphatic rings. The Morgan fingerprint density at radius 3 is 2.60 bits per heavy atom. The Morgan fingerprint density at radius 2 is 1.90 bits per heavy atom. The number of aromatic nitrogens is 3. The van der Waals surface area contributed by atoms with Crippen LogP contribution in [0.25, 0.3) is 17.5 Å². The van der Waals surface area contributed by atoms with Gasteiger partial charge in [-0.1, -0.05) is 59.8 Å². The van der Waals surface area contributed by atoms with E-state index in [2.05, 4.69) is 20.7 Å². The number of allylic oxidation sites excluding steroid dienone is 1. The molecule has 0 atom stereocenters. The lowest BCUT2D eigenvalue weighted by atomic mass is 10.2. The molecule has 30 heavy (non-hydrogen) atoms. The fourth-order valence-electron chi connectivity index (χ4n) is 2.62. The Hall–Kier alpha value is -2.90. The highest BCUT2D eigenvalue weighted by atomic mass is 35.5. The first-order chi connectivity index (χ1) is 14.6. The second-order valence-electron chi connectivity index (χ2n) is 6.38. The molecule has 0 radical (unpaired) electrons. The Morgan fingerprint density at radius 1 is 1.17 bits per heavy atom. The second kappa shape index (κ2) is 10.8. The van der Waals surface area contributed by atoms with E-state index in [-0.39, 0.29) is 11.7 Å². The molecule has 154 valence electrons. The largest absolute Gasteiger partial charge is 0.302 e. The molecule has 0 aliphatic carbocycles. The van der Waals surface area contributed by atoms with Crippen molar-refractivity contribution in [3.8, 4) is 11.4 Å². The molecule has 8 heteroatoms. The summed E-state index contributed by atoms with van der Waals surface area (Å²) >= 11 is 7.28. The van der Waals surface area contributed by atoms with Gasteiger partial charge in [-0.25, -0.2) is 5.43 Å². The van der Waals surface area contributed by atoms with Crippen molar-refractivity contribution in [3.63, 3.8) is 0 Å². The highest BCUT2D eigenvalue weighted by Crippen LogP contribution is 2.25. The summed E-state index contributed by atoms with van der Waals surface area (Å²) < 4.78 is 1.97. The van der Waals surface area contributed by atoms with Gasteiger partial charge in [0.2, 0.25) is 0 Å². The summed E-state index contributed by atoms with van der Waals surface area (Å²) in [5, 5.41) is 14.0. The first kappa shape index (κ1) is 21.8. The van der Waals surface area contributed by atoms with Gasteiger partial charge in [0.05, 0.1) is 11.5 Å².